The molecule has 1 saturated carbocycles. The van der Waals surface area contributed by atoms with Gasteiger partial charge in [0.05, 0.1) is 5.69 Å². The van der Waals surface area contributed by atoms with Crippen molar-refractivity contribution in [2.24, 2.45) is 0 Å². The lowest BCUT2D eigenvalue weighted by atomic mass is 10.2. The molecule has 1 aromatic heterocycles. The van der Waals surface area contributed by atoms with Crippen LogP contribution in [0.3, 0.4) is 0 Å². The molecule has 2 rings (SSSR count). The number of nitrogens with two attached hydrogens (primary N) is 1. The molecule has 2 atom stereocenters. The summed E-state index contributed by atoms with van der Waals surface area (Å²) in [6.45, 7) is 5.46. The van der Waals surface area contributed by atoms with Crippen LogP contribution >= 0.6 is 0 Å². The predicted molar refractivity (Wildman–Crippen MR) is 79.9 cm³/mol. The topological polar surface area (TPSA) is 86.3 Å². The second-order valence-electron chi connectivity index (χ2n) is 5.66. The van der Waals surface area contributed by atoms with Crippen molar-refractivity contribution in [1.82, 2.24) is 9.88 Å². The first kappa shape index (κ1) is 15.4. The zero-order valence-corrected chi connectivity index (χ0v) is 12.8. The Labute approximate surface area is 124 Å². The number of carbonyl (C=O) groups is 2. The van der Waals surface area contributed by atoms with Crippen LogP contribution in [0, 0.1) is 0 Å². The minimum atomic E-state index is -0.824. The molecule has 21 heavy (non-hydrogen) atoms. The molecular weight excluding hydrogens is 270 g/mol. The molecule has 1 aliphatic carbocycles. The summed E-state index contributed by atoms with van der Waals surface area (Å²) >= 11 is 0. The molecule has 1 amide bonds. The number of esters is 1. The third-order valence-electron chi connectivity index (χ3n) is 3.67. The number of aromatic nitrogens is 1. The van der Waals surface area contributed by atoms with Crippen molar-refractivity contribution in [2.75, 3.05) is 5.73 Å². The molecule has 1 aromatic rings. The van der Waals surface area contributed by atoms with Crippen molar-refractivity contribution in [1.29, 1.82) is 0 Å². The number of carbonyl (C=O) groups excluding carboxylic acids is 2. The molecule has 1 heterocycles. The van der Waals surface area contributed by atoms with Crippen molar-refractivity contribution in [3.63, 3.8) is 0 Å². The summed E-state index contributed by atoms with van der Waals surface area (Å²) in [5.41, 5.74) is 6.70. The third kappa shape index (κ3) is 3.77. The van der Waals surface area contributed by atoms with Crippen LogP contribution in [0.5, 0.6) is 0 Å². The molecule has 1 fully saturated rings. The Bertz CT molecular complexity index is 534. The number of hydrogen-bond acceptors (Lipinski definition) is 4. The highest BCUT2D eigenvalue weighted by atomic mass is 16.5. The number of nitrogen functional groups attached to an aromatic ring is 1. The van der Waals surface area contributed by atoms with Crippen LogP contribution in [0.1, 0.15) is 56.6 Å². The van der Waals surface area contributed by atoms with Gasteiger partial charge in [-0.1, -0.05) is 6.92 Å². The fourth-order valence-electron chi connectivity index (χ4n) is 2.06. The minimum absolute atomic E-state index is 0.0598. The summed E-state index contributed by atoms with van der Waals surface area (Å²) < 4.78 is 7.09. The maximum Gasteiger partial charge on any atom is 0.355 e. The van der Waals surface area contributed by atoms with Gasteiger partial charge in [0.15, 0.2) is 6.10 Å². The molecule has 0 saturated heterocycles. The molecule has 1 aliphatic rings. The van der Waals surface area contributed by atoms with Crippen LogP contribution < -0.4 is 11.1 Å². The van der Waals surface area contributed by atoms with Gasteiger partial charge in [-0.15, -0.1) is 0 Å². The number of hydrogen-bond donors (Lipinski definition) is 2. The molecule has 0 bridgehead atoms. The van der Waals surface area contributed by atoms with Crippen LogP contribution in [0.25, 0.3) is 0 Å². The van der Waals surface area contributed by atoms with Gasteiger partial charge in [0.25, 0.3) is 5.91 Å². The first-order chi connectivity index (χ1) is 9.92. The average molecular weight is 293 g/mol. The average Bonchev–Trinajstić information content (AvgIpc) is 3.20. The molecule has 3 N–H and O–H groups in total. The molecule has 6 heteroatoms. The maximum absolute atomic E-state index is 12.2. The lowest BCUT2D eigenvalue weighted by Gasteiger charge is -2.17. The Balaban J connectivity index is 1.99. The van der Waals surface area contributed by atoms with Crippen LogP contribution in [0.2, 0.25) is 0 Å². The summed E-state index contributed by atoms with van der Waals surface area (Å²) in [4.78, 5) is 24.1. The zero-order chi connectivity index (χ0) is 15.6. The molecule has 6 nitrogen and oxygen atoms in total. The molecule has 116 valence electrons. The second-order valence-corrected chi connectivity index (χ2v) is 5.66. The van der Waals surface area contributed by atoms with Crippen molar-refractivity contribution >= 4 is 17.6 Å². The number of rotatable bonds is 6. The second kappa shape index (κ2) is 6.20. The largest absolute Gasteiger partial charge is 0.448 e. The van der Waals surface area contributed by atoms with Crippen molar-refractivity contribution in [3.8, 4) is 0 Å². The fraction of sp³-hybridized carbons (Fsp3) is 0.600. The Morgan fingerprint density at radius 2 is 2.14 bits per heavy atom. The zero-order valence-electron chi connectivity index (χ0n) is 12.8. The van der Waals surface area contributed by atoms with Gasteiger partial charge in [-0.3, -0.25) is 4.79 Å². The number of ether oxygens (including phenoxy) is 1. The van der Waals surface area contributed by atoms with E-state index in [2.05, 4.69) is 5.32 Å². The van der Waals surface area contributed by atoms with E-state index in [4.69, 9.17) is 10.5 Å². The van der Waals surface area contributed by atoms with Gasteiger partial charge in [-0.25, -0.2) is 4.79 Å². The van der Waals surface area contributed by atoms with Gasteiger partial charge in [-0.2, -0.15) is 0 Å². The molecule has 0 aliphatic heterocycles. The minimum Gasteiger partial charge on any atom is -0.448 e. The van der Waals surface area contributed by atoms with E-state index in [1.54, 1.807) is 19.2 Å². The predicted octanol–water partition coefficient (Wildman–Crippen LogP) is 1.87. The van der Waals surface area contributed by atoms with Gasteiger partial charge < -0.3 is 20.4 Å². The van der Waals surface area contributed by atoms with Gasteiger partial charge in [0, 0.05) is 18.3 Å². The summed E-state index contributed by atoms with van der Waals surface area (Å²) in [5.74, 6) is -0.791. The molecule has 0 spiro atoms. The van der Waals surface area contributed by atoms with Gasteiger partial charge in [-0.05, 0) is 39.2 Å². The van der Waals surface area contributed by atoms with E-state index in [0.717, 1.165) is 19.3 Å². The van der Waals surface area contributed by atoms with Crippen LogP contribution in [-0.2, 0) is 9.53 Å². The molecular formula is C15H23N3O3. The number of amides is 1. The first-order valence-corrected chi connectivity index (χ1v) is 7.41. The standard InChI is InChI=1S/C15H23N3O3/c1-4-9(2)17-14(19)10(3)21-15(20)13-7-11(16)8-18(13)12-5-6-12/h7-10,12H,4-6,16H2,1-3H3,(H,17,19). The lowest BCUT2D eigenvalue weighted by molar-refractivity contribution is -0.129. The fourth-order valence-corrected chi connectivity index (χ4v) is 2.06. The number of anilines is 1. The van der Waals surface area contributed by atoms with E-state index < -0.39 is 12.1 Å². The summed E-state index contributed by atoms with van der Waals surface area (Å²) in [5, 5.41) is 2.79. The highest BCUT2D eigenvalue weighted by molar-refractivity contribution is 5.92. The monoisotopic (exact) mass is 293 g/mol. The normalized spacial score (nSPS) is 17.1. The Kier molecular flexibility index (Phi) is 4.55. The van der Waals surface area contributed by atoms with Crippen LogP contribution in [-0.4, -0.2) is 28.6 Å². The summed E-state index contributed by atoms with van der Waals surface area (Å²) in [6.07, 6.45) is 3.83. The van der Waals surface area contributed by atoms with E-state index in [0.29, 0.717) is 17.4 Å². The SMILES string of the molecule is CCC(C)NC(=O)C(C)OC(=O)c1cc(N)cn1C1CC1. The smallest absolute Gasteiger partial charge is 0.355 e. The third-order valence-corrected chi connectivity index (χ3v) is 3.67. The highest BCUT2D eigenvalue weighted by Gasteiger charge is 2.29. The van der Waals surface area contributed by atoms with E-state index in [-0.39, 0.29) is 11.9 Å². The number of nitrogens with zero attached hydrogens (tertiary/aromatic N) is 1. The van der Waals surface area contributed by atoms with E-state index in [1.165, 1.54) is 0 Å². The quantitative estimate of drug-likeness (QED) is 0.784. The van der Waals surface area contributed by atoms with Crippen molar-refractivity contribution < 1.29 is 14.3 Å². The molecule has 2 unspecified atom stereocenters. The number of nitrogens with one attached hydrogen (secondary N) is 1. The van der Waals surface area contributed by atoms with E-state index >= 15 is 0 Å². The van der Waals surface area contributed by atoms with Crippen molar-refractivity contribution in [2.45, 2.75) is 58.2 Å². The maximum atomic E-state index is 12.2. The lowest BCUT2D eigenvalue weighted by Crippen LogP contribution is -2.40. The molecule has 0 aromatic carbocycles. The van der Waals surface area contributed by atoms with E-state index in [9.17, 15) is 9.59 Å². The Hall–Kier alpha value is -1.98. The first-order valence-electron chi connectivity index (χ1n) is 7.41. The summed E-state index contributed by atoms with van der Waals surface area (Å²) in [6, 6.07) is 1.98. The van der Waals surface area contributed by atoms with Gasteiger partial charge >= 0.3 is 5.97 Å². The molecule has 0 radical (unpaired) electrons. The van der Waals surface area contributed by atoms with Crippen LogP contribution in [0.4, 0.5) is 5.69 Å². The Morgan fingerprint density at radius 3 is 2.71 bits per heavy atom. The van der Waals surface area contributed by atoms with Crippen molar-refractivity contribution in [3.05, 3.63) is 18.0 Å². The summed E-state index contributed by atoms with van der Waals surface area (Å²) in [7, 11) is 0. The highest BCUT2D eigenvalue weighted by Crippen LogP contribution is 2.37. The van der Waals surface area contributed by atoms with Gasteiger partial charge in [0.1, 0.15) is 5.69 Å². The van der Waals surface area contributed by atoms with E-state index in [1.807, 2.05) is 18.4 Å². The van der Waals surface area contributed by atoms with Gasteiger partial charge in [0.2, 0.25) is 0 Å². The Morgan fingerprint density at radius 1 is 1.48 bits per heavy atom. The van der Waals surface area contributed by atoms with Crippen LogP contribution in [0.15, 0.2) is 12.3 Å².